The van der Waals surface area contributed by atoms with Crippen LogP contribution in [0.15, 0.2) is 18.2 Å². The molecule has 0 aromatic heterocycles. The van der Waals surface area contributed by atoms with Gasteiger partial charge in [0.1, 0.15) is 5.75 Å². The highest BCUT2D eigenvalue weighted by molar-refractivity contribution is 5.39. The molecule has 1 aliphatic rings. The van der Waals surface area contributed by atoms with Crippen molar-refractivity contribution in [2.75, 3.05) is 20.8 Å². The number of ether oxygens (including phenoxy) is 2. The molecule has 0 radical (unpaired) electrons. The lowest BCUT2D eigenvalue weighted by atomic mass is 9.74. The second kappa shape index (κ2) is 6.59. The minimum absolute atomic E-state index is 0.0565. The molecule has 1 atom stereocenters. The minimum Gasteiger partial charge on any atom is -0.494 e. The molecule has 1 aromatic carbocycles. The second-order valence-electron chi connectivity index (χ2n) is 5.76. The zero-order valence-electron chi connectivity index (χ0n) is 13.2. The zero-order valence-corrected chi connectivity index (χ0v) is 13.2. The molecule has 3 nitrogen and oxygen atoms in total. The van der Waals surface area contributed by atoms with Gasteiger partial charge in [-0.25, -0.2) is 0 Å². The second-order valence-corrected chi connectivity index (χ2v) is 5.76. The van der Waals surface area contributed by atoms with E-state index in [2.05, 4.69) is 30.4 Å². The van der Waals surface area contributed by atoms with E-state index in [-0.39, 0.29) is 11.6 Å². The van der Waals surface area contributed by atoms with Gasteiger partial charge in [-0.15, -0.1) is 0 Å². The number of benzene rings is 1. The Morgan fingerprint density at radius 2 is 2.10 bits per heavy atom. The molecule has 0 aliphatic heterocycles. The van der Waals surface area contributed by atoms with Gasteiger partial charge in [0.15, 0.2) is 0 Å². The molecule has 0 bridgehead atoms. The van der Waals surface area contributed by atoms with E-state index >= 15 is 0 Å². The third kappa shape index (κ3) is 3.15. The first kappa shape index (κ1) is 15.3. The zero-order chi connectivity index (χ0) is 14.6. The first-order chi connectivity index (χ1) is 9.64. The maximum Gasteiger partial charge on any atom is 0.124 e. The van der Waals surface area contributed by atoms with Crippen LogP contribution in [0.2, 0.25) is 0 Å². The Balaban J connectivity index is 2.23. The van der Waals surface area contributed by atoms with Gasteiger partial charge in [0.25, 0.3) is 0 Å². The highest BCUT2D eigenvalue weighted by Crippen LogP contribution is 2.43. The van der Waals surface area contributed by atoms with Crippen LogP contribution in [0.25, 0.3) is 0 Å². The summed E-state index contributed by atoms with van der Waals surface area (Å²) >= 11 is 0. The van der Waals surface area contributed by atoms with Crippen molar-refractivity contribution in [2.45, 2.75) is 51.2 Å². The van der Waals surface area contributed by atoms with Gasteiger partial charge in [0, 0.05) is 18.7 Å². The quantitative estimate of drug-likeness (QED) is 0.826. The van der Waals surface area contributed by atoms with Crippen molar-refractivity contribution >= 4 is 0 Å². The topological polar surface area (TPSA) is 30.5 Å². The van der Waals surface area contributed by atoms with E-state index in [0.29, 0.717) is 6.61 Å². The number of rotatable bonds is 7. The molecule has 20 heavy (non-hydrogen) atoms. The van der Waals surface area contributed by atoms with Crippen LogP contribution >= 0.6 is 0 Å². The van der Waals surface area contributed by atoms with Gasteiger partial charge in [-0.05, 0) is 52.6 Å². The normalized spacial score (nSPS) is 18.4. The fourth-order valence-corrected chi connectivity index (χ4v) is 3.03. The number of methoxy groups -OCH3 is 1. The van der Waals surface area contributed by atoms with E-state index in [0.717, 1.165) is 25.0 Å². The number of hydrogen-bond donors (Lipinski definition) is 1. The molecule has 3 heteroatoms. The Labute approximate surface area is 122 Å². The SMILES string of the molecule is CCOc1ccc(C)cc1C(CC1(OC)CCC1)NC. The van der Waals surface area contributed by atoms with Crippen molar-refractivity contribution in [1.82, 2.24) is 5.32 Å². The van der Waals surface area contributed by atoms with E-state index in [4.69, 9.17) is 9.47 Å². The lowest BCUT2D eigenvalue weighted by Gasteiger charge is -2.43. The Morgan fingerprint density at radius 1 is 1.35 bits per heavy atom. The molecule has 0 spiro atoms. The minimum atomic E-state index is 0.0565. The maximum atomic E-state index is 5.79. The summed E-state index contributed by atoms with van der Waals surface area (Å²) in [5, 5.41) is 3.44. The lowest BCUT2D eigenvalue weighted by molar-refractivity contribution is -0.0835. The van der Waals surface area contributed by atoms with Crippen LogP contribution in [0.4, 0.5) is 0 Å². The molecule has 0 amide bonds. The highest BCUT2D eigenvalue weighted by atomic mass is 16.5. The van der Waals surface area contributed by atoms with Crippen LogP contribution in [0.5, 0.6) is 5.75 Å². The molecule has 112 valence electrons. The van der Waals surface area contributed by atoms with E-state index in [1.165, 1.54) is 17.5 Å². The molecule has 1 unspecified atom stereocenters. The average Bonchev–Trinajstić information content (AvgIpc) is 2.41. The monoisotopic (exact) mass is 277 g/mol. The smallest absolute Gasteiger partial charge is 0.124 e. The predicted molar refractivity (Wildman–Crippen MR) is 82.4 cm³/mol. The van der Waals surface area contributed by atoms with Crippen molar-refractivity contribution in [3.63, 3.8) is 0 Å². The Kier molecular flexibility index (Phi) is 5.06. The summed E-state index contributed by atoms with van der Waals surface area (Å²) in [7, 11) is 3.86. The van der Waals surface area contributed by atoms with E-state index < -0.39 is 0 Å². The molecular formula is C17H27NO2. The van der Waals surface area contributed by atoms with Gasteiger partial charge in [-0.2, -0.15) is 0 Å². The number of hydrogen-bond acceptors (Lipinski definition) is 3. The van der Waals surface area contributed by atoms with Crippen molar-refractivity contribution in [1.29, 1.82) is 0 Å². The van der Waals surface area contributed by atoms with Gasteiger partial charge in [0.05, 0.1) is 12.2 Å². The molecule has 0 heterocycles. The average molecular weight is 277 g/mol. The molecule has 1 fully saturated rings. The van der Waals surface area contributed by atoms with Crippen molar-refractivity contribution in [3.05, 3.63) is 29.3 Å². The Morgan fingerprint density at radius 3 is 2.60 bits per heavy atom. The fourth-order valence-electron chi connectivity index (χ4n) is 3.03. The van der Waals surface area contributed by atoms with Crippen LogP contribution in [0.1, 0.15) is 49.8 Å². The third-order valence-electron chi connectivity index (χ3n) is 4.46. The summed E-state index contributed by atoms with van der Waals surface area (Å²) in [5.74, 6) is 0.989. The standard InChI is InChI=1S/C17H27NO2/c1-5-20-16-8-7-13(2)11-14(16)15(18-3)12-17(19-4)9-6-10-17/h7-8,11,15,18H,5-6,9-10,12H2,1-4H3. The van der Waals surface area contributed by atoms with Crippen molar-refractivity contribution < 1.29 is 9.47 Å². The van der Waals surface area contributed by atoms with Crippen LogP contribution in [-0.4, -0.2) is 26.4 Å². The van der Waals surface area contributed by atoms with Gasteiger partial charge in [-0.3, -0.25) is 0 Å². The summed E-state index contributed by atoms with van der Waals surface area (Å²) in [6, 6.07) is 6.69. The predicted octanol–water partition coefficient (Wildman–Crippen LogP) is 3.61. The highest BCUT2D eigenvalue weighted by Gasteiger charge is 2.39. The Bertz CT molecular complexity index is 435. The summed E-state index contributed by atoms with van der Waals surface area (Å²) in [6.07, 6.45) is 4.61. The first-order valence-corrected chi connectivity index (χ1v) is 7.60. The van der Waals surface area contributed by atoms with Crippen LogP contribution in [0.3, 0.4) is 0 Å². The molecule has 1 aromatic rings. The fraction of sp³-hybridized carbons (Fsp3) is 0.647. The van der Waals surface area contributed by atoms with Crippen LogP contribution < -0.4 is 10.1 Å². The van der Waals surface area contributed by atoms with Crippen molar-refractivity contribution in [3.8, 4) is 5.75 Å². The summed E-state index contributed by atoms with van der Waals surface area (Å²) in [6.45, 7) is 4.85. The van der Waals surface area contributed by atoms with E-state index in [9.17, 15) is 0 Å². The molecule has 1 aliphatic carbocycles. The van der Waals surface area contributed by atoms with Gasteiger partial charge < -0.3 is 14.8 Å². The largest absolute Gasteiger partial charge is 0.494 e. The summed E-state index contributed by atoms with van der Waals surface area (Å²) in [4.78, 5) is 0. The van der Waals surface area contributed by atoms with E-state index in [1.807, 2.05) is 21.1 Å². The van der Waals surface area contributed by atoms with Gasteiger partial charge in [0.2, 0.25) is 0 Å². The maximum absolute atomic E-state index is 5.79. The Hall–Kier alpha value is -1.06. The molecule has 1 saturated carbocycles. The number of aryl methyl sites for hydroxylation is 1. The molecule has 1 N–H and O–H groups in total. The number of nitrogens with one attached hydrogen (secondary N) is 1. The van der Waals surface area contributed by atoms with Gasteiger partial charge >= 0.3 is 0 Å². The van der Waals surface area contributed by atoms with Crippen LogP contribution in [0, 0.1) is 6.92 Å². The van der Waals surface area contributed by atoms with Gasteiger partial charge in [-0.1, -0.05) is 17.7 Å². The third-order valence-corrected chi connectivity index (χ3v) is 4.46. The van der Waals surface area contributed by atoms with Crippen LogP contribution in [-0.2, 0) is 4.74 Å². The summed E-state index contributed by atoms with van der Waals surface area (Å²) in [5.41, 5.74) is 2.57. The first-order valence-electron chi connectivity index (χ1n) is 7.60. The lowest BCUT2D eigenvalue weighted by Crippen LogP contribution is -2.42. The van der Waals surface area contributed by atoms with E-state index in [1.54, 1.807) is 0 Å². The molecular weight excluding hydrogens is 250 g/mol. The molecule has 0 saturated heterocycles. The van der Waals surface area contributed by atoms with Crippen molar-refractivity contribution in [2.24, 2.45) is 0 Å². The summed E-state index contributed by atoms with van der Waals surface area (Å²) < 4.78 is 11.6. The molecule has 2 rings (SSSR count).